The molecule has 1 aliphatic rings. The molecule has 0 spiro atoms. The Labute approximate surface area is 183 Å². The number of para-hydroxylation sites is 1. The molecule has 0 unspecified atom stereocenters. The van der Waals surface area contributed by atoms with Crippen molar-refractivity contribution in [3.63, 3.8) is 0 Å². The number of halogens is 1. The molecule has 1 heterocycles. The summed E-state index contributed by atoms with van der Waals surface area (Å²) in [5.74, 6) is 1.32. The molecule has 7 nitrogen and oxygen atoms in total. The Morgan fingerprint density at radius 2 is 2.10 bits per heavy atom. The van der Waals surface area contributed by atoms with Crippen LogP contribution < -0.4 is 10.1 Å². The van der Waals surface area contributed by atoms with Crippen LogP contribution in [0.15, 0.2) is 53.7 Å². The van der Waals surface area contributed by atoms with Gasteiger partial charge in [-0.25, -0.2) is 0 Å². The maximum absolute atomic E-state index is 12.3. The minimum Gasteiger partial charge on any atom is -0.484 e. The number of aromatic nitrogens is 3. The Morgan fingerprint density at radius 3 is 2.87 bits per heavy atom. The number of anilines is 1. The van der Waals surface area contributed by atoms with Crippen LogP contribution in [0.2, 0.25) is 5.02 Å². The summed E-state index contributed by atoms with van der Waals surface area (Å²) < 4.78 is 7.86. The van der Waals surface area contributed by atoms with Gasteiger partial charge in [-0.15, -0.1) is 10.2 Å². The van der Waals surface area contributed by atoms with E-state index in [1.54, 1.807) is 30.3 Å². The number of nitriles is 1. The van der Waals surface area contributed by atoms with Gasteiger partial charge in [-0.05, 0) is 43.2 Å². The number of thioether (sulfide) groups is 1. The lowest BCUT2D eigenvalue weighted by Gasteiger charge is -2.11. The molecule has 1 aromatic heterocycles. The lowest BCUT2D eigenvalue weighted by Crippen LogP contribution is -2.15. The lowest BCUT2D eigenvalue weighted by atomic mass is 10.2. The number of carbonyl (C=O) groups is 1. The van der Waals surface area contributed by atoms with Crippen LogP contribution in [0.5, 0.6) is 5.75 Å². The summed E-state index contributed by atoms with van der Waals surface area (Å²) in [6.07, 6.45) is 2.11. The predicted octanol–water partition coefficient (Wildman–Crippen LogP) is 4.45. The highest BCUT2D eigenvalue weighted by atomic mass is 35.5. The third-order valence-electron chi connectivity index (χ3n) is 4.45. The van der Waals surface area contributed by atoms with Crippen LogP contribution in [0.4, 0.5) is 5.69 Å². The van der Waals surface area contributed by atoms with Crippen molar-refractivity contribution in [1.82, 2.24) is 14.8 Å². The predicted molar refractivity (Wildman–Crippen MR) is 115 cm³/mol. The molecular formula is C21H18ClN5O2S. The lowest BCUT2D eigenvalue weighted by molar-refractivity contribution is -0.113. The molecule has 0 atom stereocenters. The average Bonchev–Trinajstić information content (AvgIpc) is 3.51. The minimum absolute atomic E-state index is 0.172. The SMILES string of the molecule is N#Cc1cccc(NC(=O)CSc2nnc(COc3ccccc3Cl)n2C2CC2)c1. The largest absolute Gasteiger partial charge is 0.484 e. The zero-order valence-electron chi connectivity index (χ0n) is 15.9. The van der Waals surface area contributed by atoms with Crippen molar-refractivity contribution >= 4 is 35.0 Å². The van der Waals surface area contributed by atoms with Gasteiger partial charge >= 0.3 is 0 Å². The molecule has 9 heteroatoms. The fraction of sp³-hybridized carbons (Fsp3) is 0.238. The van der Waals surface area contributed by atoms with Crippen LogP contribution in [0.3, 0.4) is 0 Å². The van der Waals surface area contributed by atoms with E-state index in [1.165, 1.54) is 11.8 Å². The Morgan fingerprint density at radius 1 is 1.27 bits per heavy atom. The molecule has 1 saturated carbocycles. The Hall–Kier alpha value is -3.02. The number of carbonyl (C=O) groups excluding carboxylic acids is 1. The second kappa shape index (κ2) is 9.20. The highest BCUT2D eigenvalue weighted by Gasteiger charge is 2.30. The second-order valence-corrected chi connectivity index (χ2v) is 8.10. The van der Waals surface area contributed by atoms with E-state index in [9.17, 15) is 4.79 Å². The van der Waals surface area contributed by atoms with Gasteiger partial charge in [-0.2, -0.15) is 5.26 Å². The summed E-state index contributed by atoms with van der Waals surface area (Å²) in [7, 11) is 0. The topological polar surface area (TPSA) is 92.8 Å². The molecular weight excluding hydrogens is 422 g/mol. The fourth-order valence-corrected chi connectivity index (χ4v) is 3.92. The van der Waals surface area contributed by atoms with Gasteiger partial charge < -0.3 is 10.1 Å². The van der Waals surface area contributed by atoms with E-state index in [2.05, 4.69) is 21.6 Å². The van der Waals surface area contributed by atoms with Gasteiger partial charge in [0.2, 0.25) is 5.91 Å². The van der Waals surface area contributed by atoms with Crippen LogP contribution in [-0.4, -0.2) is 26.4 Å². The first-order valence-corrected chi connectivity index (χ1v) is 10.7. The van der Waals surface area contributed by atoms with E-state index in [4.69, 9.17) is 21.6 Å². The highest BCUT2D eigenvalue weighted by molar-refractivity contribution is 7.99. The molecule has 2 aromatic carbocycles. The van der Waals surface area contributed by atoms with Crippen LogP contribution >= 0.6 is 23.4 Å². The van der Waals surface area contributed by atoms with Crippen LogP contribution in [0.25, 0.3) is 0 Å². The number of rotatable bonds is 8. The molecule has 4 rings (SSSR count). The summed E-state index contributed by atoms with van der Waals surface area (Å²) in [5.41, 5.74) is 1.09. The maximum Gasteiger partial charge on any atom is 0.234 e. The first kappa shape index (κ1) is 20.3. The number of hydrogen-bond donors (Lipinski definition) is 1. The summed E-state index contributed by atoms with van der Waals surface area (Å²) in [4.78, 5) is 12.3. The molecule has 152 valence electrons. The number of benzene rings is 2. The first-order valence-electron chi connectivity index (χ1n) is 9.38. The average molecular weight is 440 g/mol. The Bertz CT molecular complexity index is 1110. The molecule has 30 heavy (non-hydrogen) atoms. The molecule has 0 saturated heterocycles. The van der Waals surface area contributed by atoms with Crippen molar-refractivity contribution in [1.29, 1.82) is 5.26 Å². The van der Waals surface area contributed by atoms with Crippen molar-refractivity contribution in [3.05, 3.63) is 64.9 Å². The number of ether oxygens (including phenoxy) is 1. The van der Waals surface area contributed by atoms with E-state index < -0.39 is 0 Å². The Balaban J connectivity index is 1.39. The van der Waals surface area contributed by atoms with Gasteiger partial charge in [0.1, 0.15) is 12.4 Å². The van der Waals surface area contributed by atoms with Crippen LogP contribution in [0.1, 0.15) is 30.3 Å². The molecule has 1 N–H and O–H groups in total. The van der Waals surface area contributed by atoms with Gasteiger partial charge in [-0.1, -0.05) is 41.6 Å². The highest BCUT2D eigenvalue weighted by Crippen LogP contribution is 2.39. The fourth-order valence-electron chi connectivity index (χ4n) is 2.90. The number of nitrogens with one attached hydrogen (secondary N) is 1. The van der Waals surface area contributed by atoms with Gasteiger partial charge in [0.25, 0.3) is 0 Å². The third kappa shape index (κ3) is 4.93. The maximum atomic E-state index is 12.3. The quantitative estimate of drug-likeness (QED) is 0.521. The molecule has 1 amide bonds. The van der Waals surface area contributed by atoms with Crippen LogP contribution in [0, 0.1) is 11.3 Å². The molecule has 1 fully saturated rings. The standard InChI is InChI=1S/C21H18ClN5O2S/c22-17-6-1-2-7-18(17)29-12-19-25-26-21(27(19)16-8-9-16)30-13-20(28)24-15-5-3-4-14(10-15)11-23/h1-7,10,16H,8-9,12-13H2,(H,24,28). The summed E-state index contributed by atoms with van der Waals surface area (Å²) in [5, 5.41) is 21.5. The number of hydrogen-bond acceptors (Lipinski definition) is 6. The van der Waals surface area contributed by atoms with Crippen molar-refractivity contribution < 1.29 is 9.53 Å². The second-order valence-electron chi connectivity index (χ2n) is 6.75. The van der Waals surface area contributed by atoms with Crippen molar-refractivity contribution in [2.75, 3.05) is 11.1 Å². The first-order chi connectivity index (χ1) is 14.6. The minimum atomic E-state index is -0.172. The smallest absolute Gasteiger partial charge is 0.234 e. The monoisotopic (exact) mass is 439 g/mol. The normalized spacial score (nSPS) is 12.9. The zero-order chi connectivity index (χ0) is 20.9. The molecule has 1 aliphatic carbocycles. The number of amides is 1. The Kier molecular flexibility index (Phi) is 6.21. The van der Waals surface area contributed by atoms with Gasteiger partial charge in [0, 0.05) is 11.7 Å². The van der Waals surface area contributed by atoms with Gasteiger partial charge in [0.15, 0.2) is 11.0 Å². The van der Waals surface area contributed by atoms with E-state index in [0.717, 1.165) is 12.8 Å². The van der Waals surface area contributed by atoms with Crippen molar-refractivity contribution in [2.24, 2.45) is 0 Å². The van der Waals surface area contributed by atoms with Crippen molar-refractivity contribution in [2.45, 2.75) is 30.6 Å². The molecule has 0 aliphatic heterocycles. The third-order valence-corrected chi connectivity index (χ3v) is 5.70. The van der Waals surface area contributed by atoms with E-state index in [1.807, 2.05) is 22.8 Å². The van der Waals surface area contributed by atoms with E-state index in [0.29, 0.717) is 39.0 Å². The van der Waals surface area contributed by atoms with E-state index >= 15 is 0 Å². The van der Waals surface area contributed by atoms with Crippen LogP contribution in [-0.2, 0) is 11.4 Å². The zero-order valence-corrected chi connectivity index (χ0v) is 17.5. The van der Waals surface area contributed by atoms with Crippen molar-refractivity contribution in [3.8, 4) is 11.8 Å². The molecule has 3 aromatic rings. The number of nitrogens with zero attached hydrogens (tertiary/aromatic N) is 4. The molecule has 0 bridgehead atoms. The molecule has 0 radical (unpaired) electrons. The summed E-state index contributed by atoms with van der Waals surface area (Å²) >= 11 is 7.48. The van der Waals surface area contributed by atoms with Gasteiger partial charge in [0.05, 0.1) is 22.4 Å². The van der Waals surface area contributed by atoms with Gasteiger partial charge in [-0.3, -0.25) is 9.36 Å². The van der Waals surface area contributed by atoms with E-state index in [-0.39, 0.29) is 18.3 Å². The summed E-state index contributed by atoms with van der Waals surface area (Å²) in [6.45, 7) is 0.251. The summed E-state index contributed by atoms with van der Waals surface area (Å²) in [6, 6.07) is 16.5.